The van der Waals surface area contributed by atoms with E-state index in [1.165, 1.54) is 20.0 Å². The molecule has 1 aliphatic carbocycles. The molecule has 1 fully saturated rings. The summed E-state index contributed by atoms with van der Waals surface area (Å²) in [5, 5.41) is 0. The van der Waals surface area contributed by atoms with Crippen molar-refractivity contribution in [2.75, 3.05) is 7.11 Å². The summed E-state index contributed by atoms with van der Waals surface area (Å²) < 4.78 is 18.7. The zero-order valence-electron chi connectivity index (χ0n) is 8.87. The smallest absolute Gasteiger partial charge is 0.169 e. The standard InChI is InChI=1S/C12H16FNO/c1-15-11-4-2-3-9(12(11)13)10(14)7-8-5-6-8/h2-4,8,10H,5-7,14H2,1H3/t10-/m0/s1. The zero-order chi connectivity index (χ0) is 10.8. The average molecular weight is 209 g/mol. The second-order valence-corrected chi connectivity index (χ2v) is 4.15. The van der Waals surface area contributed by atoms with Crippen LogP contribution in [0.25, 0.3) is 0 Å². The molecule has 0 amide bonds. The Labute approximate surface area is 89.2 Å². The van der Waals surface area contributed by atoms with Crippen molar-refractivity contribution in [3.8, 4) is 5.75 Å². The maximum absolute atomic E-state index is 13.8. The second-order valence-electron chi connectivity index (χ2n) is 4.15. The van der Waals surface area contributed by atoms with Crippen LogP contribution >= 0.6 is 0 Å². The number of benzene rings is 1. The molecule has 2 N–H and O–H groups in total. The molecule has 1 aliphatic rings. The van der Waals surface area contributed by atoms with Gasteiger partial charge in [-0.1, -0.05) is 25.0 Å². The highest BCUT2D eigenvalue weighted by Gasteiger charge is 2.26. The van der Waals surface area contributed by atoms with Crippen molar-refractivity contribution in [3.63, 3.8) is 0 Å². The second kappa shape index (κ2) is 4.19. The first-order chi connectivity index (χ1) is 7.22. The van der Waals surface area contributed by atoms with Crippen LogP contribution in [0.15, 0.2) is 18.2 Å². The minimum atomic E-state index is -0.312. The Balaban J connectivity index is 2.17. The minimum Gasteiger partial charge on any atom is -0.494 e. The van der Waals surface area contributed by atoms with E-state index in [0.29, 0.717) is 11.5 Å². The van der Waals surface area contributed by atoms with E-state index in [1.54, 1.807) is 18.2 Å². The molecular formula is C12H16FNO. The summed E-state index contributed by atoms with van der Waals surface area (Å²) in [6.45, 7) is 0. The molecule has 1 aromatic carbocycles. The van der Waals surface area contributed by atoms with Crippen LogP contribution in [-0.4, -0.2) is 7.11 Å². The highest BCUT2D eigenvalue weighted by molar-refractivity contribution is 5.32. The zero-order valence-corrected chi connectivity index (χ0v) is 8.87. The van der Waals surface area contributed by atoms with Gasteiger partial charge in [-0.05, 0) is 18.4 Å². The van der Waals surface area contributed by atoms with Crippen LogP contribution in [0.1, 0.15) is 30.9 Å². The van der Waals surface area contributed by atoms with Crippen molar-refractivity contribution >= 4 is 0 Å². The third-order valence-corrected chi connectivity index (χ3v) is 2.90. The van der Waals surface area contributed by atoms with Gasteiger partial charge in [-0.2, -0.15) is 0 Å². The van der Waals surface area contributed by atoms with Gasteiger partial charge in [-0.15, -0.1) is 0 Å². The van der Waals surface area contributed by atoms with Crippen molar-refractivity contribution in [1.29, 1.82) is 0 Å². The Morgan fingerprint density at radius 2 is 2.27 bits per heavy atom. The van der Waals surface area contributed by atoms with Gasteiger partial charge in [0.1, 0.15) is 0 Å². The Bertz CT molecular complexity index is 349. The monoisotopic (exact) mass is 209 g/mol. The molecule has 1 atom stereocenters. The van der Waals surface area contributed by atoms with Crippen LogP contribution in [0.3, 0.4) is 0 Å². The van der Waals surface area contributed by atoms with Crippen LogP contribution in [0, 0.1) is 11.7 Å². The average Bonchev–Trinajstić information content (AvgIpc) is 3.02. The molecule has 0 unspecified atom stereocenters. The lowest BCUT2D eigenvalue weighted by Gasteiger charge is -2.13. The highest BCUT2D eigenvalue weighted by Crippen LogP contribution is 2.37. The molecular weight excluding hydrogens is 193 g/mol. The fourth-order valence-corrected chi connectivity index (χ4v) is 1.81. The molecule has 0 aliphatic heterocycles. The summed E-state index contributed by atoms with van der Waals surface area (Å²) >= 11 is 0. The molecule has 0 saturated heterocycles. The Kier molecular flexibility index (Phi) is 2.91. The number of ether oxygens (including phenoxy) is 1. The van der Waals surface area contributed by atoms with Crippen LogP contribution in [-0.2, 0) is 0 Å². The van der Waals surface area contributed by atoms with Crippen molar-refractivity contribution in [2.45, 2.75) is 25.3 Å². The number of methoxy groups -OCH3 is 1. The largest absolute Gasteiger partial charge is 0.494 e. The van der Waals surface area contributed by atoms with Gasteiger partial charge in [-0.3, -0.25) is 0 Å². The summed E-state index contributed by atoms with van der Waals surface area (Å²) in [6, 6.07) is 4.94. The van der Waals surface area contributed by atoms with Crippen LogP contribution < -0.4 is 10.5 Å². The predicted molar refractivity (Wildman–Crippen MR) is 57.2 cm³/mol. The van der Waals surface area contributed by atoms with Gasteiger partial charge in [0.05, 0.1) is 7.11 Å². The molecule has 1 aromatic rings. The SMILES string of the molecule is COc1cccc([C@@H](N)CC2CC2)c1F. The molecule has 2 nitrogen and oxygen atoms in total. The van der Waals surface area contributed by atoms with E-state index in [0.717, 1.165) is 6.42 Å². The van der Waals surface area contributed by atoms with Crippen molar-refractivity contribution in [2.24, 2.45) is 11.7 Å². The maximum atomic E-state index is 13.8. The number of rotatable bonds is 4. The van der Waals surface area contributed by atoms with Gasteiger partial charge in [0, 0.05) is 11.6 Å². The van der Waals surface area contributed by atoms with Crippen LogP contribution in [0.2, 0.25) is 0 Å². The van der Waals surface area contributed by atoms with Crippen LogP contribution in [0.4, 0.5) is 4.39 Å². The molecule has 3 heteroatoms. The first-order valence-corrected chi connectivity index (χ1v) is 5.30. The predicted octanol–water partition coefficient (Wildman–Crippen LogP) is 2.63. The molecule has 2 rings (SSSR count). The van der Waals surface area contributed by atoms with Gasteiger partial charge in [-0.25, -0.2) is 4.39 Å². The highest BCUT2D eigenvalue weighted by atomic mass is 19.1. The number of hydrogen-bond donors (Lipinski definition) is 1. The molecule has 15 heavy (non-hydrogen) atoms. The molecule has 0 bridgehead atoms. The number of halogens is 1. The summed E-state index contributed by atoms with van der Waals surface area (Å²) in [6.07, 6.45) is 3.35. The first kappa shape index (κ1) is 10.4. The first-order valence-electron chi connectivity index (χ1n) is 5.30. The third-order valence-electron chi connectivity index (χ3n) is 2.90. The third kappa shape index (κ3) is 2.29. The maximum Gasteiger partial charge on any atom is 0.169 e. The lowest BCUT2D eigenvalue weighted by molar-refractivity contribution is 0.381. The van der Waals surface area contributed by atoms with Crippen molar-refractivity contribution in [1.82, 2.24) is 0 Å². The lowest BCUT2D eigenvalue weighted by atomic mass is 10.0. The van der Waals surface area contributed by atoms with E-state index < -0.39 is 0 Å². The van der Waals surface area contributed by atoms with Crippen molar-refractivity contribution < 1.29 is 9.13 Å². The summed E-state index contributed by atoms with van der Waals surface area (Å²) in [4.78, 5) is 0. The van der Waals surface area contributed by atoms with E-state index in [1.807, 2.05) is 0 Å². The van der Waals surface area contributed by atoms with Gasteiger partial charge in [0.2, 0.25) is 0 Å². The van der Waals surface area contributed by atoms with E-state index in [-0.39, 0.29) is 17.6 Å². The molecule has 0 heterocycles. The fourth-order valence-electron chi connectivity index (χ4n) is 1.81. The summed E-state index contributed by atoms with van der Waals surface area (Å²) in [7, 11) is 1.47. The quantitative estimate of drug-likeness (QED) is 0.827. The molecule has 0 spiro atoms. The Hall–Kier alpha value is -1.09. The minimum absolute atomic E-state index is 0.201. The Morgan fingerprint density at radius 1 is 1.53 bits per heavy atom. The summed E-state index contributed by atoms with van der Waals surface area (Å²) in [5.74, 6) is 0.664. The fraction of sp³-hybridized carbons (Fsp3) is 0.500. The lowest BCUT2D eigenvalue weighted by Crippen LogP contribution is -2.13. The number of nitrogens with two attached hydrogens (primary N) is 1. The molecule has 1 saturated carbocycles. The summed E-state index contributed by atoms with van der Waals surface area (Å²) in [5.41, 5.74) is 6.54. The van der Waals surface area contributed by atoms with Gasteiger partial charge in [0.15, 0.2) is 11.6 Å². The van der Waals surface area contributed by atoms with Gasteiger partial charge < -0.3 is 10.5 Å². The van der Waals surface area contributed by atoms with E-state index in [9.17, 15) is 4.39 Å². The molecule has 82 valence electrons. The van der Waals surface area contributed by atoms with Crippen LogP contribution in [0.5, 0.6) is 5.75 Å². The van der Waals surface area contributed by atoms with E-state index in [4.69, 9.17) is 10.5 Å². The number of hydrogen-bond acceptors (Lipinski definition) is 2. The molecule has 0 radical (unpaired) electrons. The van der Waals surface area contributed by atoms with Gasteiger partial charge >= 0.3 is 0 Å². The Morgan fingerprint density at radius 3 is 2.87 bits per heavy atom. The van der Waals surface area contributed by atoms with E-state index in [2.05, 4.69) is 0 Å². The van der Waals surface area contributed by atoms with E-state index >= 15 is 0 Å². The molecule has 0 aromatic heterocycles. The van der Waals surface area contributed by atoms with Gasteiger partial charge in [0.25, 0.3) is 0 Å². The topological polar surface area (TPSA) is 35.2 Å². The van der Waals surface area contributed by atoms with Crippen molar-refractivity contribution in [3.05, 3.63) is 29.6 Å². The normalized spacial score (nSPS) is 17.5.